The van der Waals surface area contributed by atoms with Crippen LogP contribution in [0.25, 0.3) is 0 Å². The van der Waals surface area contributed by atoms with Gasteiger partial charge in [0.25, 0.3) is 0 Å². The number of allylic oxidation sites excluding steroid dienone is 2. The third-order valence-electron chi connectivity index (χ3n) is 2.93. The molecule has 1 fully saturated rings. The van der Waals surface area contributed by atoms with Crippen LogP contribution in [-0.4, -0.2) is 11.7 Å². The highest BCUT2D eigenvalue weighted by Gasteiger charge is 2.44. The van der Waals surface area contributed by atoms with Crippen molar-refractivity contribution in [2.45, 2.75) is 13.3 Å². The molecule has 0 aromatic rings. The lowest BCUT2D eigenvalue weighted by Gasteiger charge is -2.39. The van der Waals surface area contributed by atoms with E-state index < -0.39 is 6.03 Å². The summed E-state index contributed by atoms with van der Waals surface area (Å²) in [6.07, 6.45) is 5.46. The molecule has 0 saturated heterocycles. The molecule has 4 heteroatoms. The van der Waals surface area contributed by atoms with Crippen LogP contribution in [0, 0.1) is 17.8 Å². The molecule has 0 aliphatic heterocycles. The van der Waals surface area contributed by atoms with Crippen molar-refractivity contribution in [2.24, 2.45) is 28.6 Å². The highest BCUT2D eigenvalue weighted by molar-refractivity contribution is 5.96. The molecule has 2 rings (SSSR count). The number of nitrogens with zero attached hydrogens (tertiary/aromatic N) is 1. The van der Waals surface area contributed by atoms with Crippen LogP contribution in [0.15, 0.2) is 17.3 Å². The van der Waals surface area contributed by atoms with E-state index in [-0.39, 0.29) is 0 Å². The van der Waals surface area contributed by atoms with Gasteiger partial charge in [-0.25, -0.2) is 10.2 Å². The lowest BCUT2D eigenvalue weighted by Crippen LogP contribution is -2.44. The number of urea groups is 1. The van der Waals surface area contributed by atoms with Gasteiger partial charge in [-0.15, -0.1) is 0 Å². The predicted octanol–water partition coefficient (Wildman–Crippen LogP) is 0.853. The summed E-state index contributed by atoms with van der Waals surface area (Å²) in [5.41, 5.74) is 8.30. The van der Waals surface area contributed by atoms with E-state index in [0.717, 1.165) is 12.1 Å². The van der Waals surface area contributed by atoms with Gasteiger partial charge >= 0.3 is 6.03 Å². The van der Waals surface area contributed by atoms with Crippen LogP contribution >= 0.6 is 0 Å². The summed E-state index contributed by atoms with van der Waals surface area (Å²) in [5.74, 6) is 1.60. The summed E-state index contributed by atoms with van der Waals surface area (Å²) >= 11 is 0. The van der Waals surface area contributed by atoms with Crippen molar-refractivity contribution < 1.29 is 4.79 Å². The zero-order chi connectivity index (χ0) is 9.42. The van der Waals surface area contributed by atoms with Crippen molar-refractivity contribution >= 4 is 11.7 Å². The fourth-order valence-electron chi connectivity index (χ4n) is 2.23. The molecule has 0 spiro atoms. The van der Waals surface area contributed by atoms with E-state index in [1.54, 1.807) is 0 Å². The van der Waals surface area contributed by atoms with Gasteiger partial charge in [0.2, 0.25) is 0 Å². The Morgan fingerprint density at radius 2 is 2.54 bits per heavy atom. The Bertz CT molecular complexity index is 295. The third-order valence-corrected chi connectivity index (χ3v) is 2.93. The second-order valence-electron chi connectivity index (χ2n) is 3.65. The molecule has 0 radical (unpaired) electrons. The number of primary amides is 1. The largest absolute Gasteiger partial charge is 0.350 e. The fraction of sp³-hybridized carbons (Fsp3) is 0.556. The van der Waals surface area contributed by atoms with Crippen molar-refractivity contribution in [3.05, 3.63) is 12.2 Å². The number of nitrogens with one attached hydrogen (secondary N) is 1. The monoisotopic (exact) mass is 179 g/mol. The maximum Gasteiger partial charge on any atom is 0.332 e. The summed E-state index contributed by atoms with van der Waals surface area (Å²) in [6, 6.07) is -0.589. The van der Waals surface area contributed by atoms with E-state index in [1.807, 2.05) is 0 Å². The van der Waals surface area contributed by atoms with Gasteiger partial charge in [-0.05, 0) is 12.3 Å². The summed E-state index contributed by atoms with van der Waals surface area (Å²) in [4.78, 5) is 10.4. The number of hydrazone groups is 1. The minimum atomic E-state index is -0.589. The van der Waals surface area contributed by atoms with Crippen molar-refractivity contribution in [3.8, 4) is 0 Å². The van der Waals surface area contributed by atoms with Gasteiger partial charge in [-0.3, -0.25) is 0 Å². The molecule has 0 aromatic heterocycles. The Kier molecular flexibility index (Phi) is 1.83. The van der Waals surface area contributed by atoms with Gasteiger partial charge in [-0.2, -0.15) is 5.10 Å². The van der Waals surface area contributed by atoms with Crippen molar-refractivity contribution in [1.82, 2.24) is 5.43 Å². The van der Waals surface area contributed by atoms with Crippen LogP contribution in [0.4, 0.5) is 4.79 Å². The van der Waals surface area contributed by atoms with Gasteiger partial charge in [0.05, 0.1) is 0 Å². The molecule has 0 heterocycles. The van der Waals surface area contributed by atoms with Gasteiger partial charge in [0, 0.05) is 17.5 Å². The van der Waals surface area contributed by atoms with E-state index in [1.165, 1.54) is 0 Å². The number of carbonyl (C=O) groups is 1. The summed E-state index contributed by atoms with van der Waals surface area (Å²) in [5, 5.41) is 4.00. The topological polar surface area (TPSA) is 67.5 Å². The minimum absolute atomic E-state index is 0.454. The van der Waals surface area contributed by atoms with Gasteiger partial charge in [0.15, 0.2) is 0 Å². The van der Waals surface area contributed by atoms with E-state index in [4.69, 9.17) is 5.73 Å². The van der Waals surface area contributed by atoms with Crippen molar-refractivity contribution in [2.75, 3.05) is 0 Å². The molecule has 3 unspecified atom stereocenters. The van der Waals surface area contributed by atoms with E-state index >= 15 is 0 Å². The molecule has 70 valence electrons. The smallest absolute Gasteiger partial charge is 0.332 e. The standard InChI is InChI=1S/C9H13N3O/c1-5-6-3-2-4-7(6)8(5)11-12-9(10)13/h2-3,5-7H,4H2,1H3,(H3,10,12,13)/b11-8-. The van der Waals surface area contributed by atoms with Crippen LogP contribution in [0.1, 0.15) is 13.3 Å². The molecule has 3 N–H and O–H groups in total. The molecule has 2 aliphatic rings. The second-order valence-corrected chi connectivity index (χ2v) is 3.65. The number of amides is 2. The van der Waals surface area contributed by atoms with Crippen LogP contribution in [0.2, 0.25) is 0 Å². The predicted molar refractivity (Wildman–Crippen MR) is 50.1 cm³/mol. The molecule has 0 aromatic carbocycles. The molecule has 3 atom stereocenters. The number of nitrogens with two attached hydrogens (primary N) is 1. The van der Waals surface area contributed by atoms with Crippen molar-refractivity contribution in [1.29, 1.82) is 0 Å². The Labute approximate surface area is 76.9 Å². The first-order valence-corrected chi connectivity index (χ1v) is 4.49. The second kappa shape index (κ2) is 2.87. The first-order valence-electron chi connectivity index (χ1n) is 4.49. The molecule has 2 aliphatic carbocycles. The third kappa shape index (κ3) is 1.22. The quantitative estimate of drug-likeness (QED) is 0.455. The number of fused-ring (bicyclic) bond motifs is 1. The zero-order valence-corrected chi connectivity index (χ0v) is 7.53. The van der Waals surface area contributed by atoms with E-state index in [9.17, 15) is 4.79 Å². The summed E-state index contributed by atoms with van der Waals surface area (Å²) in [7, 11) is 0. The van der Waals surface area contributed by atoms with Crippen molar-refractivity contribution in [3.63, 3.8) is 0 Å². The Morgan fingerprint density at radius 3 is 3.23 bits per heavy atom. The highest BCUT2D eigenvalue weighted by atomic mass is 16.2. The lowest BCUT2D eigenvalue weighted by molar-refractivity contribution is 0.248. The molecule has 4 nitrogen and oxygen atoms in total. The number of hydrogen-bond acceptors (Lipinski definition) is 2. The SMILES string of the molecule is CC1/C(=N/NC(N)=O)C2CC=CC12. The highest BCUT2D eigenvalue weighted by Crippen LogP contribution is 2.44. The summed E-state index contributed by atoms with van der Waals surface area (Å²) in [6.45, 7) is 2.12. The molecule has 2 amide bonds. The maximum atomic E-state index is 10.4. The van der Waals surface area contributed by atoms with Crippen LogP contribution in [0.3, 0.4) is 0 Å². The van der Waals surface area contributed by atoms with Gasteiger partial charge in [0.1, 0.15) is 0 Å². The van der Waals surface area contributed by atoms with Crippen LogP contribution < -0.4 is 11.2 Å². The zero-order valence-electron chi connectivity index (χ0n) is 7.53. The minimum Gasteiger partial charge on any atom is -0.350 e. The number of carbonyl (C=O) groups excluding carboxylic acids is 1. The Hall–Kier alpha value is -1.32. The Balaban J connectivity index is 2.02. The normalized spacial score (nSPS) is 38.5. The summed E-state index contributed by atoms with van der Waals surface area (Å²) < 4.78 is 0. The first kappa shape index (κ1) is 8.29. The maximum absolute atomic E-state index is 10.4. The first-order chi connectivity index (χ1) is 6.20. The molecule has 0 bridgehead atoms. The molecule has 13 heavy (non-hydrogen) atoms. The number of rotatable bonds is 1. The number of hydrogen-bond donors (Lipinski definition) is 2. The molecular formula is C9H13N3O. The molecular weight excluding hydrogens is 166 g/mol. The molecule has 1 saturated carbocycles. The van der Waals surface area contributed by atoms with Gasteiger partial charge < -0.3 is 5.73 Å². The average Bonchev–Trinajstić information content (AvgIpc) is 2.48. The van der Waals surface area contributed by atoms with Crippen LogP contribution in [0.5, 0.6) is 0 Å². The van der Waals surface area contributed by atoms with Crippen LogP contribution in [-0.2, 0) is 0 Å². The van der Waals surface area contributed by atoms with Gasteiger partial charge in [-0.1, -0.05) is 19.1 Å². The lowest BCUT2D eigenvalue weighted by atomic mass is 9.65. The average molecular weight is 179 g/mol. The fourth-order valence-corrected chi connectivity index (χ4v) is 2.23. The Morgan fingerprint density at radius 1 is 1.77 bits per heavy atom. The van der Waals surface area contributed by atoms with E-state index in [0.29, 0.717) is 17.8 Å². The van der Waals surface area contributed by atoms with E-state index in [2.05, 4.69) is 29.6 Å².